The minimum absolute atomic E-state index is 0.00895. The Morgan fingerprint density at radius 1 is 0.431 bits per heavy atom. The molecule has 0 aliphatic rings. The molecule has 3 nitrogen and oxygen atoms in total. The first kappa shape index (κ1) is 35.1. The Kier molecular flexibility index (Phi) is 8.10. The zero-order chi connectivity index (χ0) is 39.7. The second-order valence-electron chi connectivity index (χ2n) is 15.0. The monoisotopic (exact) mass is 757 g/mol. The Bertz CT molecular complexity index is 3320. The predicted molar refractivity (Wildman–Crippen MR) is 231 cm³/mol. The van der Waals surface area contributed by atoms with Crippen LogP contribution < -0.4 is 0 Å². The quantitative estimate of drug-likeness (QED) is 0.172. The third-order valence-electron chi connectivity index (χ3n) is 11.3. The van der Waals surface area contributed by atoms with Crippen LogP contribution in [0.1, 0.15) is 22.3 Å². The number of rotatable bonds is 5. The van der Waals surface area contributed by atoms with Gasteiger partial charge in [0.25, 0.3) is 0 Å². The second kappa shape index (κ2) is 13.4. The summed E-state index contributed by atoms with van der Waals surface area (Å²) >= 11 is 0. The molecule has 2 heterocycles. The van der Waals surface area contributed by atoms with E-state index in [1.807, 2.05) is 72.2 Å². The number of nitriles is 1. The summed E-state index contributed by atoms with van der Waals surface area (Å²) in [5.41, 5.74) is 10.3. The van der Waals surface area contributed by atoms with Crippen molar-refractivity contribution in [2.45, 2.75) is 20.0 Å². The van der Waals surface area contributed by atoms with Crippen molar-refractivity contribution in [2.75, 3.05) is 0 Å². The Morgan fingerprint density at radius 2 is 0.897 bits per heavy atom. The topological polar surface area (TPSA) is 33.6 Å². The van der Waals surface area contributed by atoms with Gasteiger partial charge in [0.2, 0.25) is 0 Å². The highest BCUT2D eigenvalue weighted by Crippen LogP contribution is 2.46. The van der Waals surface area contributed by atoms with Gasteiger partial charge in [-0.1, -0.05) is 132 Å². The number of alkyl halides is 3. The molecule has 58 heavy (non-hydrogen) atoms. The van der Waals surface area contributed by atoms with Gasteiger partial charge < -0.3 is 9.13 Å². The number of hydrogen-bond acceptors (Lipinski definition) is 1. The van der Waals surface area contributed by atoms with Crippen LogP contribution in [-0.4, -0.2) is 9.13 Å². The lowest BCUT2D eigenvalue weighted by atomic mass is 9.95. The average Bonchev–Trinajstić information content (AvgIpc) is 3.75. The minimum atomic E-state index is -4.73. The summed E-state index contributed by atoms with van der Waals surface area (Å²) in [5, 5.41) is 13.7. The van der Waals surface area contributed by atoms with E-state index in [1.54, 1.807) is 24.3 Å². The van der Waals surface area contributed by atoms with Crippen LogP contribution >= 0.6 is 0 Å². The van der Waals surface area contributed by atoms with Gasteiger partial charge in [-0.25, -0.2) is 0 Å². The van der Waals surface area contributed by atoms with E-state index in [0.29, 0.717) is 16.9 Å². The number of aryl methyl sites for hydroxylation is 2. The number of benzene rings is 8. The van der Waals surface area contributed by atoms with Gasteiger partial charge >= 0.3 is 6.18 Å². The zero-order valence-corrected chi connectivity index (χ0v) is 31.6. The van der Waals surface area contributed by atoms with Crippen LogP contribution in [0.15, 0.2) is 170 Å². The molecule has 2 aromatic heterocycles. The van der Waals surface area contributed by atoms with E-state index in [9.17, 15) is 5.26 Å². The van der Waals surface area contributed by atoms with E-state index >= 15 is 13.2 Å². The Labute approximate surface area is 333 Å². The van der Waals surface area contributed by atoms with Crippen molar-refractivity contribution in [2.24, 2.45) is 0 Å². The van der Waals surface area contributed by atoms with E-state index in [4.69, 9.17) is 0 Å². The number of halogens is 3. The van der Waals surface area contributed by atoms with Crippen LogP contribution in [0.2, 0.25) is 0 Å². The highest BCUT2D eigenvalue weighted by molar-refractivity contribution is 6.12. The fourth-order valence-electron chi connectivity index (χ4n) is 8.63. The van der Waals surface area contributed by atoms with Crippen molar-refractivity contribution in [1.82, 2.24) is 9.13 Å². The lowest BCUT2D eigenvalue weighted by Crippen LogP contribution is -2.12. The summed E-state index contributed by atoms with van der Waals surface area (Å²) in [6, 6.07) is 56.6. The average molecular weight is 758 g/mol. The van der Waals surface area contributed by atoms with Gasteiger partial charge in [0, 0.05) is 21.5 Å². The molecule has 0 atom stereocenters. The second-order valence-corrected chi connectivity index (χ2v) is 15.0. The molecule has 0 unspecified atom stereocenters. The van der Waals surface area contributed by atoms with E-state index in [1.165, 1.54) is 12.1 Å². The molecule has 0 saturated carbocycles. The molecule has 0 amide bonds. The highest BCUT2D eigenvalue weighted by Gasteiger charge is 2.36. The number of aromatic nitrogens is 2. The minimum Gasteiger partial charge on any atom is -0.307 e. The largest absolute Gasteiger partial charge is 0.417 e. The van der Waals surface area contributed by atoms with Crippen molar-refractivity contribution in [1.29, 1.82) is 5.26 Å². The van der Waals surface area contributed by atoms with Crippen LogP contribution in [0.3, 0.4) is 0 Å². The Hall–Kier alpha value is -7.36. The Morgan fingerprint density at radius 3 is 1.41 bits per heavy atom. The molecule has 0 radical (unpaired) electrons. The van der Waals surface area contributed by atoms with E-state index < -0.39 is 11.7 Å². The van der Waals surface area contributed by atoms with Crippen LogP contribution in [0.5, 0.6) is 0 Å². The summed E-state index contributed by atoms with van der Waals surface area (Å²) in [6.07, 6.45) is -4.73. The standard InChI is InChI=1S/C52H34F3N3/c1-32-10-7-13-35(24-32)37-20-22-42-40-16-3-5-18-46(40)57(48(42)27-37)50-29-44(39-15-9-12-34(26-39)31-56)45(52(53,54)55)30-51(50)58-47-19-6-4-17-41(47)43-23-21-38(28-49(43)58)36-14-8-11-33(2)25-36/h3-30H,1-2H3. The summed E-state index contributed by atoms with van der Waals surface area (Å²) < 4.78 is 51.1. The zero-order valence-electron chi connectivity index (χ0n) is 31.6. The van der Waals surface area contributed by atoms with Gasteiger partial charge in [-0.15, -0.1) is 0 Å². The first-order chi connectivity index (χ1) is 28.2. The van der Waals surface area contributed by atoms with Crippen molar-refractivity contribution < 1.29 is 13.2 Å². The van der Waals surface area contributed by atoms with E-state index in [-0.39, 0.29) is 11.1 Å². The van der Waals surface area contributed by atoms with Crippen molar-refractivity contribution in [3.05, 3.63) is 192 Å². The fraction of sp³-hybridized carbons (Fsp3) is 0.0577. The first-order valence-electron chi connectivity index (χ1n) is 19.1. The highest BCUT2D eigenvalue weighted by atomic mass is 19.4. The molecular weight excluding hydrogens is 724 g/mol. The van der Waals surface area contributed by atoms with Gasteiger partial charge in [0.1, 0.15) is 0 Å². The van der Waals surface area contributed by atoms with E-state index in [2.05, 4.69) is 90.4 Å². The molecule has 0 aliphatic heterocycles. The van der Waals surface area contributed by atoms with E-state index in [0.717, 1.165) is 77.0 Å². The molecule has 0 bridgehead atoms. The lowest BCUT2D eigenvalue weighted by Gasteiger charge is -2.22. The molecule has 8 aromatic carbocycles. The maximum atomic E-state index is 15.7. The van der Waals surface area contributed by atoms with Crippen LogP contribution in [0, 0.1) is 25.2 Å². The predicted octanol–water partition coefficient (Wildman–Crippen LogP) is 14.4. The number of hydrogen-bond donors (Lipinski definition) is 0. The fourth-order valence-corrected chi connectivity index (χ4v) is 8.63. The summed E-state index contributed by atoms with van der Waals surface area (Å²) in [5.74, 6) is 0. The smallest absolute Gasteiger partial charge is 0.307 e. The van der Waals surface area contributed by atoms with Crippen molar-refractivity contribution in [3.63, 3.8) is 0 Å². The SMILES string of the molecule is Cc1cccc(-c2ccc3c4ccccc4n(-c4cc(-c5cccc(C#N)c5)c(C(F)(F)F)cc4-n4c5ccccc5c5ccc(-c6cccc(C)c6)cc54)c3c2)c1. The molecule has 278 valence electrons. The molecule has 6 heteroatoms. The van der Waals surface area contributed by atoms with Gasteiger partial charge in [-0.3, -0.25) is 0 Å². The van der Waals surface area contributed by atoms with Crippen molar-refractivity contribution >= 4 is 43.6 Å². The molecule has 0 N–H and O–H groups in total. The molecule has 0 saturated heterocycles. The molecule has 0 aliphatic carbocycles. The van der Waals surface area contributed by atoms with Gasteiger partial charge in [-0.05, 0) is 95.8 Å². The number of fused-ring (bicyclic) bond motifs is 6. The maximum Gasteiger partial charge on any atom is 0.417 e. The van der Waals surface area contributed by atoms with Crippen LogP contribution in [0.25, 0.3) is 88.4 Å². The summed E-state index contributed by atoms with van der Waals surface area (Å²) in [4.78, 5) is 0. The summed E-state index contributed by atoms with van der Waals surface area (Å²) in [7, 11) is 0. The summed E-state index contributed by atoms with van der Waals surface area (Å²) in [6.45, 7) is 4.11. The third-order valence-corrected chi connectivity index (χ3v) is 11.3. The number of nitrogens with zero attached hydrogens (tertiary/aromatic N) is 3. The number of para-hydroxylation sites is 2. The van der Waals surface area contributed by atoms with Crippen LogP contribution in [-0.2, 0) is 6.18 Å². The Balaban J connectivity index is 1.38. The molecule has 10 aromatic rings. The van der Waals surface area contributed by atoms with Crippen molar-refractivity contribution in [3.8, 4) is 50.8 Å². The molecule has 10 rings (SSSR count). The molecule has 0 spiro atoms. The van der Waals surface area contributed by atoms with Gasteiger partial charge in [-0.2, -0.15) is 18.4 Å². The lowest BCUT2D eigenvalue weighted by molar-refractivity contribution is -0.137. The first-order valence-corrected chi connectivity index (χ1v) is 19.1. The van der Waals surface area contributed by atoms with Gasteiger partial charge in [0.05, 0.1) is 50.6 Å². The molecular formula is C52H34F3N3. The molecule has 0 fully saturated rings. The third kappa shape index (κ3) is 5.74. The normalized spacial score (nSPS) is 11.9. The maximum absolute atomic E-state index is 15.7. The van der Waals surface area contributed by atoms with Crippen LogP contribution in [0.4, 0.5) is 13.2 Å². The van der Waals surface area contributed by atoms with Gasteiger partial charge in [0.15, 0.2) is 0 Å².